The van der Waals surface area contributed by atoms with Crippen molar-refractivity contribution < 1.29 is 24.2 Å². The fourth-order valence-electron chi connectivity index (χ4n) is 7.28. The summed E-state index contributed by atoms with van der Waals surface area (Å²) < 4.78 is 13.4. The number of likely N-dealkylation sites (tertiary alicyclic amines) is 1. The number of anilines is 2. The Labute approximate surface area is 281 Å². The van der Waals surface area contributed by atoms with E-state index in [1.54, 1.807) is 12.1 Å². The van der Waals surface area contributed by atoms with E-state index >= 15 is 0 Å². The highest BCUT2D eigenvalue weighted by molar-refractivity contribution is 6.04. The van der Waals surface area contributed by atoms with Gasteiger partial charge in [0.15, 0.2) is 6.29 Å². The van der Waals surface area contributed by atoms with Crippen LogP contribution in [0.15, 0.2) is 109 Å². The molecule has 0 unspecified atom stereocenters. The van der Waals surface area contributed by atoms with Crippen LogP contribution in [0.5, 0.6) is 0 Å². The van der Waals surface area contributed by atoms with Gasteiger partial charge >= 0.3 is 0 Å². The number of para-hydroxylation sites is 1. The maximum atomic E-state index is 13.2. The van der Waals surface area contributed by atoms with Gasteiger partial charge in [-0.05, 0) is 60.4 Å². The number of nitrogens with one attached hydrogen (secondary N) is 2. The molecule has 48 heavy (non-hydrogen) atoms. The number of ether oxygens (including phenoxy) is 2. The maximum absolute atomic E-state index is 13.2. The molecule has 248 valence electrons. The summed E-state index contributed by atoms with van der Waals surface area (Å²) in [6.07, 6.45) is 0.376. The zero-order chi connectivity index (χ0) is 33.1. The Kier molecular flexibility index (Phi) is 9.28. The predicted molar refractivity (Wildman–Crippen MR) is 184 cm³/mol. The number of nitrogens with zero attached hydrogens (tertiary/aromatic N) is 2. The maximum Gasteiger partial charge on any atom is 0.255 e. The second-order valence-electron chi connectivity index (χ2n) is 13.0. The second kappa shape index (κ2) is 13.9. The number of benzene rings is 4. The lowest BCUT2D eigenvalue weighted by atomic mass is 9.84. The number of carbonyl (C=O) groups excluding carboxylic acids is 2. The summed E-state index contributed by atoms with van der Waals surface area (Å²) in [7, 11) is 0. The van der Waals surface area contributed by atoms with E-state index < -0.39 is 11.8 Å². The first-order chi connectivity index (χ1) is 23.4. The first kappa shape index (κ1) is 32.0. The molecule has 1 spiro atoms. The first-order valence-electron chi connectivity index (χ1n) is 16.7. The lowest BCUT2D eigenvalue weighted by Crippen LogP contribution is -2.57. The standard InChI is InChI=1S/C39H42N4O5/c1-27-34(24-42-21-19-39(20-22-42)38(46)40-26-43(39)33-13-6-3-7-14-33)47-37(48-35(27)29-17-15-28(25-44)16-18-29)31-11-8-12-32(23-31)41-36(45)30-9-4-2-5-10-30/h2-18,23,27,34-35,37,44H,19-22,24-26H2,1H3,(H,40,46)(H,41,45)/t27-,34+,35+,37+/m1/s1. The SMILES string of the molecule is C[C@@H]1[C@H](CN2CCC3(CC2)C(=O)NCN3c2ccccc2)O[C@H](c2cccc(NC(=O)c3ccccc3)c2)O[C@@H]1c1ccc(CO)cc1. The molecule has 0 radical (unpaired) electrons. The van der Waals surface area contributed by atoms with Gasteiger partial charge in [0.05, 0.1) is 25.5 Å². The van der Waals surface area contributed by atoms with Crippen molar-refractivity contribution >= 4 is 23.2 Å². The lowest BCUT2D eigenvalue weighted by Gasteiger charge is -2.46. The number of hydrogen-bond acceptors (Lipinski definition) is 7. The Bertz CT molecular complexity index is 1710. The highest BCUT2D eigenvalue weighted by atomic mass is 16.7. The second-order valence-corrected chi connectivity index (χ2v) is 13.0. The van der Waals surface area contributed by atoms with Gasteiger partial charge in [-0.15, -0.1) is 0 Å². The first-order valence-corrected chi connectivity index (χ1v) is 16.7. The summed E-state index contributed by atoms with van der Waals surface area (Å²) in [6.45, 7) is 4.89. The molecule has 2 amide bonds. The van der Waals surface area contributed by atoms with Gasteiger partial charge in [0.2, 0.25) is 5.91 Å². The highest BCUT2D eigenvalue weighted by Crippen LogP contribution is 2.43. The van der Waals surface area contributed by atoms with Crippen LogP contribution in [0.4, 0.5) is 11.4 Å². The van der Waals surface area contributed by atoms with Gasteiger partial charge in [-0.25, -0.2) is 0 Å². The van der Waals surface area contributed by atoms with E-state index in [4.69, 9.17) is 9.47 Å². The van der Waals surface area contributed by atoms with Crippen molar-refractivity contribution in [1.82, 2.24) is 10.2 Å². The van der Waals surface area contributed by atoms with Gasteiger partial charge < -0.3 is 35.0 Å². The van der Waals surface area contributed by atoms with Crippen LogP contribution in [0, 0.1) is 5.92 Å². The normalized spacial score (nSPS) is 24.0. The molecule has 3 aliphatic heterocycles. The third-order valence-electron chi connectivity index (χ3n) is 10.1. The van der Waals surface area contributed by atoms with Crippen LogP contribution in [0.3, 0.4) is 0 Å². The number of carbonyl (C=O) groups is 2. The van der Waals surface area contributed by atoms with Crippen LogP contribution in [-0.4, -0.2) is 59.8 Å². The van der Waals surface area contributed by atoms with Gasteiger partial charge in [-0.1, -0.05) is 79.7 Å². The minimum Gasteiger partial charge on any atom is -0.392 e. The average molecular weight is 647 g/mol. The smallest absolute Gasteiger partial charge is 0.255 e. The monoisotopic (exact) mass is 646 g/mol. The van der Waals surface area contributed by atoms with Crippen molar-refractivity contribution in [2.45, 2.75) is 50.4 Å². The van der Waals surface area contributed by atoms with Crippen molar-refractivity contribution in [2.24, 2.45) is 5.92 Å². The molecular weight excluding hydrogens is 604 g/mol. The molecule has 3 heterocycles. The molecule has 3 saturated heterocycles. The van der Waals surface area contributed by atoms with Gasteiger partial charge in [-0.2, -0.15) is 0 Å². The van der Waals surface area contributed by atoms with Crippen LogP contribution in [-0.2, 0) is 20.9 Å². The molecule has 9 heteroatoms. The van der Waals surface area contributed by atoms with E-state index in [1.165, 1.54) is 0 Å². The van der Waals surface area contributed by atoms with Gasteiger partial charge in [-0.3, -0.25) is 9.59 Å². The topological polar surface area (TPSA) is 103 Å². The van der Waals surface area contributed by atoms with Gasteiger partial charge in [0.25, 0.3) is 5.91 Å². The fourth-order valence-corrected chi connectivity index (χ4v) is 7.28. The van der Waals surface area contributed by atoms with E-state index in [9.17, 15) is 14.7 Å². The molecule has 7 rings (SSSR count). The minimum atomic E-state index is -0.660. The zero-order valence-electron chi connectivity index (χ0n) is 27.1. The molecule has 0 saturated carbocycles. The number of aliphatic hydroxyl groups excluding tert-OH is 1. The molecular formula is C39H42N4O5. The van der Waals surface area contributed by atoms with Crippen LogP contribution < -0.4 is 15.5 Å². The Hall–Kier alpha value is -4.54. The van der Waals surface area contributed by atoms with Crippen molar-refractivity contribution in [2.75, 3.05) is 36.5 Å². The Morgan fingerprint density at radius 3 is 2.31 bits per heavy atom. The third-order valence-corrected chi connectivity index (χ3v) is 10.1. The average Bonchev–Trinajstić information content (AvgIpc) is 3.45. The van der Waals surface area contributed by atoms with E-state index in [0.717, 1.165) is 48.3 Å². The van der Waals surface area contributed by atoms with Crippen LogP contribution in [0.1, 0.15) is 59.2 Å². The molecule has 3 N–H and O–H groups in total. The molecule has 0 bridgehead atoms. The third kappa shape index (κ3) is 6.47. The van der Waals surface area contributed by atoms with Crippen molar-refractivity contribution in [1.29, 1.82) is 0 Å². The Morgan fingerprint density at radius 2 is 1.60 bits per heavy atom. The number of hydrogen-bond donors (Lipinski definition) is 3. The van der Waals surface area contributed by atoms with Crippen molar-refractivity contribution in [3.8, 4) is 0 Å². The Balaban J connectivity index is 1.10. The Morgan fingerprint density at radius 1 is 0.896 bits per heavy atom. The molecule has 4 aromatic carbocycles. The number of rotatable bonds is 8. The molecule has 0 aromatic heterocycles. The number of amides is 2. The summed E-state index contributed by atoms with van der Waals surface area (Å²) in [5.41, 5.74) is 4.43. The summed E-state index contributed by atoms with van der Waals surface area (Å²) in [5, 5.41) is 15.7. The van der Waals surface area contributed by atoms with E-state index in [2.05, 4.69) is 39.5 Å². The van der Waals surface area contributed by atoms with Crippen LogP contribution >= 0.6 is 0 Å². The summed E-state index contributed by atoms with van der Waals surface area (Å²) in [5.74, 6) is -0.0581. The number of aliphatic hydroxyl groups is 1. The largest absolute Gasteiger partial charge is 0.392 e. The molecule has 4 aromatic rings. The van der Waals surface area contributed by atoms with E-state index in [-0.39, 0.29) is 36.5 Å². The summed E-state index contributed by atoms with van der Waals surface area (Å²) in [6, 6.07) is 34.8. The van der Waals surface area contributed by atoms with Crippen LogP contribution in [0.2, 0.25) is 0 Å². The van der Waals surface area contributed by atoms with Gasteiger partial charge in [0.1, 0.15) is 5.54 Å². The predicted octanol–water partition coefficient (Wildman–Crippen LogP) is 5.65. The fraction of sp³-hybridized carbons (Fsp3) is 0.333. The zero-order valence-corrected chi connectivity index (χ0v) is 27.1. The van der Waals surface area contributed by atoms with E-state index in [1.807, 2.05) is 84.9 Å². The number of piperidine rings is 1. The van der Waals surface area contributed by atoms with Crippen molar-refractivity contribution in [3.63, 3.8) is 0 Å². The van der Waals surface area contributed by atoms with Crippen LogP contribution in [0.25, 0.3) is 0 Å². The highest BCUT2D eigenvalue weighted by Gasteiger charge is 2.51. The molecule has 3 aliphatic rings. The van der Waals surface area contributed by atoms with Gasteiger partial charge in [0, 0.05) is 48.1 Å². The summed E-state index contributed by atoms with van der Waals surface area (Å²) in [4.78, 5) is 30.8. The lowest BCUT2D eigenvalue weighted by molar-refractivity contribution is -0.276. The minimum absolute atomic E-state index is 0.0204. The molecule has 4 atom stereocenters. The van der Waals surface area contributed by atoms with E-state index in [0.29, 0.717) is 24.5 Å². The van der Waals surface area contributed by atoms with Crippen molar-refractivity contribution in [3.05, 3.63) is 131 Å². The molecule has 0 aliphatic carbocycles. The quantitative estimate of drug-likeness (QED) is 0.227. The molecule has 9 nitrogen and oxygen atoms in total. The summed E-state index contributed by atoms with van der Waals surface area (Å²) >= 11 is 0. The molecule has 3 fully saturated rings.